The van der Waals surface area contributed by atoms with Gasteiger partial charge in [-0.25, -0.2) is 0 Å². The molecule has 1 heterocycles. The van der Waals surface area contributed by atoms with Crippen LogP contribution in [0.4, 0.5) is 0 Å². The van der Waals surface area contributed by atoms with Crippen molar-refractivity contribution in [2.75, 3.05) is 0 Å². The van der Waals surface area contributed by atoms with Crippen molar-refractivity contribution < 1.29 is 9.29 Å². The molecule has 1 N–H and O–H groups in total. The van der Waals surface area contributed by atoms with E-state index in [1.54, 1.807) is 18.2 Å². The summed E-state index contributed by atoms with van der Waals surface area (Å²) in [4.78, 5) is 0. The van der Waals surface area contributed by atoms with Crippen LogP contribution in [0.25, 0.3) is 0 Å². The average molecular weight is 130 g/mol. The minimum atomic E-state index is -0.523. The molecule has 0 aromatic heterocycles. The fraction of sp³-hybridized carbons (Fsp3) is 0.200. The van der Waals surface area contributed by atoms with E-state index in [0.717, 1.165) is 12.0 Å². The number of rotatable bonds is 0. The summed E-state index contributed by atoms with van der Waals surface area (Å²) >= 11 is 1.02. The SMILES string of the molecule is OC1C=CC=COS1. The molecule has 0 aromatic carbocycles. The number of aliphatic hydroxyl groups excluding tert-OH is 1. The number of hydrogen-bond acceptors (Lipinski definition) is 3. The third-order valence-corrected chi connectivity index (χ3v) is 1.25. The predicted molar refractivity (Wildman–Crippen MR) is 33.0 cm³/mol. The fourth-order valence-electron chi connectivity index (χ4n) is 0.358. The van der Waals surface area contributed by atoms with Crippen LogP contribution < -0.4 is 0 Å². The second kappa shape index (κ2) is 2.79. The molecule has 1 aliphatic heterocycles. The summed E-state index contributed by atoms with van der Waals surface area (Å²) in [6, 6.07) is 0. The van der Waals surface area contributed by atoms with E-state index in [1.807, 2.05) is 0 Å². The number of allylic oxidation sites excluding steroid dienone is 2. The van der Waals surface area contributed by atoms with Gasteiger partial charge in [0.05, 0.1) is 12.0 Å². The Hall–Kier alpha value is -0.410. The smallest absolute Gasteiger partial charge is 0.155 e. The minimum Gasteiger partial charge on any atom is -0.430 e. The van der Waals surface area contributed by atoms with Gasteiger partial charge in [0.1, 0.15) is 6.26 Å². The molecule has 0 bridgehead atoms. The first-order valence-electron chi connectivity index (χ1n) is 2.23. The quantitative estimate of drug-likeness (QED) is 0.497. The maximum atomic E-state index is 8.80. The number of hydrogen-bond donors (Lipinski definition) is 1. The van der Waals surface area contributed by atoms with Gasteiger partial charge in [-0.2, -0.15) is 0 Å². The van der Waals surface area contributed by atoms with Gasteiger partial charge < -0.3 is 9.29 Å². The van der Waals surface area contributed by atoms with Crippen molar-refractivity contribution >= 4 is 12.0 Å². The lowest BCUT2D eigenvalue weighted by atomic mass is 10.5. The van der Waals surface area contributed by atoms with E-state index >= 15 is 0 Å². The van der Waals surface area contributed by atoms with Crippen LogP contribution in [0, 0.1) is 0 Å². The highest BCUT2D eigenvalue weighted by atomic mass is 32.2. The maximum absolute atomic E-state index is 8.80. The largest absolute Gasteiger partial charge is 0.430 e. The second-order valence-electron chi connectivity index (χ2n) is 1.30. The molecule has 3 heteroatoms. The van der Waals surface area contributed by atoms with E-state index < -0.39 is 5.44 Å². The van der Waals surface area contributed by atoms with Gasteiger partial charge in [-0.1, -0.05) is 6.08 Å². The lowest BCUT2D eigenvalue weighted by Crippen LogP contribution is -1.91. The van der Waals surface area contributed by atoms with Crippen LogP contribution >= 0.6 is 12.0 Å². The molecule has 0 radical (unpaired) electrons. The highest BCUT2D eigenvalue weighted by Crippen LogP contribution is 2.13. The number of aliphatic hydroxyl groups is 1. The van der Waals surface area contributed by atoms with Crippen molar-refractivity contribution in [1.82, 2.24) is 0 Å². The molecule has 0 aliphatic carbocycles. The third kappa shape index (κ3) is 1.60. The summed E-state index contributed by atoms with van der Waals surface area (Å²) in [5.41, 5.74) is -0.523. The van der Waals surface area contributed by atoms with Gasteiger partial charge in [0.15, 0.2) is 5.44 Å². The van der Waals surface area contributed by atoms with Gasteiger partial charge in [-0.05, 0) is 12.2 Å². The third-order valence-electron chi connectivity index (χ3n) is 0.675. The topological polar surface area (TPSA) is 29.5 Å². The maximum Gasteiger partial charge on any atom is 0.155 e. The van der Waals surface area contributed by atoms with Gasteiger partial charge in [-0.3, -0.25) is 0 Å². The normalized spacial score (nSPS) is 26.9. The van der Waals surface area contributed by atoms with Crippen molar-refractivity contribution in [3.63, 3.8) is 0 Å². The van der Waals surface area contributed by atoms with Crippen LogP contribution in [0.2, 0.25) is 0 Å². The molecule has 1 atom stereocenters. The summed E-state index contributed by atoms with van der Waals surface area (Å²) in [5, 5.41) is 8.80. The Morgan fingerprint density at radius 3 is 3.25 bits per heavy atom. The first kappa shape index (κ1) is 5.72. The van der Waals surface area contributed by atoms with Crippen LogP contribution in [0.3, 0.4) is 0 Å². The van der Waals surface area contributed by atoms with Crippen molar-refractivity contribution in [2.45, 2.75) is 5.44 Å². The highest BCUT2D eigenvalue weighted by molar-refractivity contribution is 7.95. The molecule has 1 aliphatic rings. The fourth-order valence-corrected chi connectivity index (χ4v) is 0.755. The van der Waals surface area contributed by atoms with Gasteiger partial charge in [0.25, 0.3) is 0 Å². The molecule has 0 saturated heterocycles. The molecular formula is C5H6O2S. The van der Waals surface area contributed by atoms with Crippen LogP contribution in [-0.4, -0.2) is 10.5 Å². The van der Waals surface area contributed by atoms with E-state index in [2.05, 4.69) is 0 Å². The molecular weight excluding hydrogens is 124 g/mol. The molecule has 1 unspecified atom stereocenters. The van der Waals surface area contributed by atoms with Gasteiger partial charge in [0.2, 0.25) is 0 Å². The molecule has 8 heavy (non-hydrogen) atoms. The molecule has 44 valence electrons. The molecule has 0 amide bonds. The predicted octanol–water partition coefficient (Wildman–Crippen LogP) is 1.05. The zero-order valence-electron chi connectivity index (χ0n) is 4.15. The lowest BCUT2D eigenvalue weighted by molar-refractivity contribution is 0.301. The summed E-state index contributed by atoms with van der Waals surface area (Å²) in [6.45, 7) is 0. The van der Waals surface area contributed by atoms with E-state index in [1.165, 1.54) is 6.26 Å². The van der Waals surface area contributed by atoms with Crippen molar-refractivity contribution in [1.29, 1.82) is 0 Å². The summed E-state index contributed by atoms with van der Waals surface area (Å²) in [6.07, 6.45) is 6.64. The van der Waals surface area contributed by atoms with E-state index in [9.17, 15) is 0 Å². The summed E-state index contributed by atoms with van der Waals surface area (Å²) < 4.78 is 4.73. The van der Waals surface area contributed by atoms with E-state index in [0.29, 0.717) is 0 Å². The zero-order chi connectivity index (χ0) is 5.82. The summed E-state index contributed by atoms with van der Waals surface area (Å²) in [7, 11) is 0. The van der Waals surface area contributed by atoms with Crippen LogP contribution in [0.5, 0.6) is 0 Å². The average Bonchev–Trinajstić information content (AvgIpc) is 1.94. The first-order chi connectivity index (χ1) is 3.89. The Bertz CT molecular complexity index is 120. The standard InChI is InChI=1S/C5H6O2S/c6-5-3-1-2-4-7-8-5/h1-6H. The molecule has 0 spiro atoms. The molecule has 2 nitrogen and oxygen atoms in total. The Morgan fingerprint density at radius 2 is 2.38 bits per heavy atom. The summed E-state index contributed by atoms with van der Waals surface area (Å²) in [5.74, 6) is 0. The monoisotopic (exact) mass is 130 g/mol. The van der Waals surface area contributed by atoms with Crippen LogP contribution in [0.1, 0.15) is 0 Å². The van der Waals surface area contributed by atoms with Gasteiger partial charge in [-0.15, -0.1) is 0 Å². The Kier molecular flexibility index (Phi) is 2.00. The van der Waals surface area contributed by atoms with Gasteiger partial charge >= 0.3 is 0 Å². The molecule has 1 rings (SSSR count). The Balaban J connectivity index is 2.46. The molecule has 0 fully saturated rings. The minimum absolute atomic E-state index is 0.523. The molecule has 0 saturated carbocycles. The van der Waals surface area contributed by atoms with Crippen molar-refractivity contribution in [2.24, 2.45) is 0 Å². The van der Waals surface area contributed by atoms with E-state index in [4.69, 9.17) is 9.29 Å². The lowest BCUT2D eigenvalue weighted by Gasteiger charge is -1.97. The van der Waals surface area contributed by atoms with Gasteiger partial charge in [0, 0.05) is 0 Å². The van der Waals surface area contributed by atoms with Crippen molar-refractivity contribution in [3.05, 3.63) is 24.5 Å². The highest BCUT2D eigenvalue weighted by Gasteiger charge is 1.99. The first-order valence-corrected chi connectivity index (χ1v) is 3.03. The van der Waals surface area contributed by atoms with Crippen LogP contribution in [-0.2, 0) is 4.18 Å². The van der Waals surface area contributed by atoms with Crippen LogP contribution in [0.15, 0.2) is 24.5 Å². The van der Waals surface area contributed by atoms with Crippen molar-refractivity contribution in [3.8, 4) is 0 Å². The Morgan fingerprint density at radius 1 is 1.50 bits per heavy atom. The second-order valence-corrected chi connectivity index (χ2v) is 2.16. The zero-order valence-corrected chi connectivity index (χ0v) is 4.97. The Labute approximate surface area is 52.1 Å². The van der Waals surface area contributed by atoms with E-state index in [-0.39, 0.29) is 0 Å². The molecule has 0 aromatic rings.